The summed E-state index contributed by atoms with van der Waals surface area (Å²) in [7, 11) is 0.622. The summed E-state index contributed by atoms with van der Waals surface area (Å²) < 4.78 is 42.8. The molecule has 0 bridgehead atoms. The maximum Gasteiger partial charge on any atom is 0.243 e. The van der Waals surface area contributed by atoms with Gasteiger partial charge in [0, 0.05) is 30.6 Å². The van der Waals surface area contributed by atoms with Crippen molar-refractivity contribution in [1.29, 1.82) is 0 Å². The first kappa shape index (κ1) is 24.3. The van der Waals surface area contributed by atoms with Gasteiger partial charge in [-0.25, -0.2) is 13.8 Å². The zero-order valence-corrected chi connectivity index (χ0v) is 19.5. The molecule has 178 valence electrons. The number of nitrogens with one attached hydrogen (secondary N) is 1. The summed E-state index contributed by atoms with van der Waals surface area (Å²) in [6, 6.07) is 9.37. The lowest BCUT2D eigenvalue weighted by Crippen LogP contribution is -2.42. The number of piperidine rings is 1. The van der Waals surface area contributed by atoms with E-state index in [4.69, 9.17) is 14.2 Å². The maximum atomic E-state index is 13.0. The van der Waals surface area contributed by atoms with Gasteiger partial charge in [0.25, 0.3) is 0 Å². The van der Waals surface area contributed by atoms with Gasteiger partial charge in [0.1, 0.15) is 0 Å². The van der Waals surface area contributed by atoms with Crippen molar-refractivity contribution >= 4 is 22.1 Å². The molecule has 2 aromatic rings. The Morgan fingerprint density at radius 3 is 2.36 bits per heavy atom. The van der Waals surface area contributed by atoms with Crippen molar-refractivity contribution in [3.8, 4) is 23.0 Å². The van der Waals surface area contributed by atoms with Gasteiger partial charge in [-0.2, -0.15) is 9.41 Å². The van der Waals surface area contributed by atoms with E-state index < -0.39 is 10.0 Å². The van der Waals surface area contributed by atoms with E-state index in [2.05, 4.69) is 10.5 Å². The molecular weight excluding hydrogens is 450 g/mol. The molecule has 33 heavy (non-hydrogen) atoms. The molecule has 3 rings (SSSR count). The largest absolute Gasteiger partial charge is 0.504 e. The van der Waals surface area contributed by atoms with Crippen LogP contribution in [0.25, 0.3) is 0 Å². The van der Waals surface area contributed by atoms with Crippen molar-refractivity contribution in [2.75, 3.05) is 34.4 Å². The summed E-state index contributed by atoms with van der Waals surface area (Å²) in [5, 5.41) is 14.0. The second-order valence-electron chi connectivity index (χ2n) is 7.33. The maximum absolute atomic E-state index is 13.0. The average Bonchev–Trinajstić information content (AvgIpc) is 2.84. The van der Waals surface area contributed by atoms with Crippen LogP contribution < -0.4 is 19.6 Å². The first-order chi connectivity index (χ1) is 15.8. The Hall–Kier alpha value is -3.31. The second-order valence-corrected chi connectivity index (χ2v) is 9.27. The average molecular weight is 478 g/mol. The van der Waals surface area contributed by atoms with Crippen molar-refractivity contribution in [1.82, 2.24) is 9.73 Å². The third-order valence-corrected chi connectivity index (χ3v) is 7.34. The zero-order valence-electron chi connectivity index (χ0n) is 18.6. The van der Waals surface area contributed by atoms with Gasteiger partial charge in [0.15, 0.2) is 23.0 Å². The summed E-state index contributed by atoms with van der Waals surface area (Å²) in [5.74, 6) is 0.303. The van der Waals surface area contributed by atoms with Gasteiger partial charge < -0.3 is 19.3 Å². The molecule has 2 N–H and O–H groups in total. The van der Waals surface area contributed by atoms with Crippen molar-refractivity contribution in [3.05, 3.63) is 42.0 Å². The number of aromatic hydroxyl groups is 1. The number of nitrogens with zero attached hydrogens (tertiary/aromatic N) is 2. The summed E-state index contributed by atoms with van der Waals surface area (Å²) in [4.78, 5) is 12.6. The summed E-state index contributed by atoms with van der Waals surface area (Å²) in [5.41, 5.74) is 2.85. The highest BCUT2D eigenvalue weighted by Gasteiger charge is 2.32. The minimum absolute atomic E-state index is 0.0772. The predicted octanol–water partition coefficient (Wildman–Crippen LogP) is 1.97. The predicted molar refractivity (Wildman–Crippen MR) is 121 cm³/mol. The third-order valence-electron chi connectivity index (χ3n) is 5.45. The summed E-state index contributed by atoms with van der Waals surface area (Å²) in [6.07, 6.45) is 2.04. The Kier molecular flexibility index (Phi) is 7.77. The molecule has 0 atom stereocenters. The fourth-order valence-electron chi connectivity index (χ4n) is 3.55. The molecule has 1 aliphatic rings. The molecule has 0 unspecified atom stereocenters. The molecule has 1 heterocycles. The van der Waals surface area contributed by atoms with Crippen LogP contribution >= 0.6 is 0 Å². The number of hydrogen-bond acceptors (Lipinski definition) is 8. The number of para-hydroxylation sites is 1. The minimum Gasteiger partial charge on any atom is -0.504 e. The van der Waals surface area contributed by atoms with Gasteiger partial charge >= 0.3 is 0 Å². The van der Waals surface area contributed by atoms with Crippen molar-refractivity contribution in [3.63, 3.8) is 0 Å². The van der Waals surface area contributed by atoms with Gasteiger partial charge in [0.2, 0.25) is 15.9 Å². The Labute approximate surface area is 192 Å². The second kappa shape index (κ2) is 10.5. The fourth-order valence-corrected chi connectivity index (χ4v) is 5.03. The van der Waals surface area contributed by atoms with Gasteiger partial charge in [-0.15, -0.1) is 0 Å². The van der Waals surface area contributed by atoms with E-state index in [0.29, 0.717) is 35.7 Å². The highest BCUT2D eigenvalue weighted by molar-refractivity contribution is 7.89. The van der Waals surface area contributed by atoms with Crippen molar-refractivity contribution < 1.29 is 32.5 Å². The molecule has 1 fully saturated rings. The quantitative estimate of drug-likeness (QED) is 0.440. The smallest absolute Gasteiger partial charge is 0.243 e. The van der Waals surface area contributed by atoms with Crippen LogP contribution in [0.1, 0.15) is 18.4 Å². The number of phenolic OH excluding ortho intramolecular Hbond substituents is 1. The van der Waals surface area contributed by atoms with E-state index in [1.54, 1.807) is 24.3 Å². The summed E-state index contributed by atoms with van der Waals surface area (Å²) >= 11 is 0. The SMILES string of the molecule is COc1ccc(S(=O)(=O)N2CCC(C(=O)N/N=C\c3cccc(OC)c3O)CC2)cc1OC. The van der Waals surface area contributed by atoms with Crippen LogP contribution in [0, 0.1) is 5.92 Å². The van der Waals surface area contributed by atoms with Gasteiger partial charge in [-0.1, -0.05) is 6.07 Å². The van der Waals surface area contributed by atoms with Crippen molar-refractivity contribution in [2.24, 2.45) is 11.0 Å². The minimum atomic E-state index is -3.74. The van der Waals surface area contributed by atoms with Crippen LogP contribution in [-0.4, -0.2) is 64.4 Å². The number of phenols is 1. The molecule has 1 saturated heterocycles. The lowest BCUT2D eigenvalue weighted by Gasteiger charge is -2.30. The molecule has 0 aromatic heterocycles. The normalized spacial score (nSPS) is 15.4. The van der Waals surface area contributed by atoms with Gasteiger partial charge in [-0.3, -0.25) is 4.79 Å². The molecule has 2 aromatic carbocycles. The molecule has 10 nitrogen and oxygen atoms in total. The number of ether oxygens (including phenoxy) is 3. The van der Waals surface area contributed by atoms with Crippen LogP contribution in [0.5, 0.6) is 23.0 Å². The Morgan fingerprint density at radius 1 is 1.06 bits per heavy atom. The van der Waals surface area contributed by atoms with E-state index in [1.807, 2.05) is 0 Å². The fraction of sp³-hybridized carbons (Fsp3) is 0.364. The number of hydrazone groups is 1. The first-order valence-electron chi connectivity index (χ1n) is 10.2. The Balaban J connectivity index is 1.59. The molecule has 0 radical (unpaired) electrons. The van der Waals surface area contributed by atoms with Gasteiger partial charge in [-0.05, 0) is 37.1 Å². The standard InChI is InChI=1S/C22H27N3O7S/c1-30-18-8-7-17(13-20(18)32-3)33(28,29)25-11-9-15(10-12-25)22(27)24-23-14-16-5-4-6-19(31-2)21(16)26/h4-8,13-15,26H,9-12H2,1-3H3,(H,24,27)/b23-14-. The van der Waals surface area contributed by atoms with E-state index in [1.165, 1.54) is 44.0 Å². The zero-order chi connectivity index (χ0) is 24.0. The number of methoxy groups -OCH3 is 3. The number of carbonyl (C=O) groups is 1. The van der Waals surface area contributed by atoms with Crippen LogP contribution in [0.4, 0.5) is 0 Å². The van der Waals surface area contributed by atoms with E-state index in [-0.39, 0.29) is 35.6 Å². The molecule has 0 saturated carbocycles. The van der Waals surface area contributed by atoms with Crippen LogP contribution in [0.2, 0.25) is 0 Å². The Bertz CT molecular complexity index is 1130. The number of carbonyl (C=O) groups excluding carboxylic acids is 1. The van der Waals surface area contributed by atoms with Crippen LogP contribution in [0.15, 0.2) is 46.4 Å². The van der Waals surface area contributed by atoms with E-state index in [9.17, 15) is 18.3 Å². The number of amides is 1. The molecule has 1 aliphatic heterocycles. The monoisotopic (exact) mass is 477 g/mol. The number of sulfonamides is 1. The molecule has 0 spiro atoms. The molecule has 1 amide bonds. The number of hydrogen-bond donors (Lipinski definition) is 2. The van der Waals surface area contributed by atoms with E-state index in [0.717, 1.165) is 0 Å². The molecular formula is C22H27N3O7S. The van der Waals surface area contributed by atoms with E-state index >= 15 is 0 Å². The lowest BCUT2D eigenvalue weighted by atomic mass is 9.98. The lowest BCUT2D eigenvalue weighted by molar-refractivity contribution is -0.126. The highest BCUT2D eigenvalue weighted by atomic mass is 32.2. The number of benzene rings is 2. The van der Waals surface area contributed by atoms with Crippen LogP contribution in [-0.2, 0) is 14.8 Å². The highest BCUT2D eigenvalue weighted by Crippen LogP contribution is 2.32. The number of rotatable bonds is 8. The third kappa shape index (κ3) is 5.37. The first-order valence-corrected chi connectivity index (χ1v) is 11.7. The van der Waals surface area contributed by atoms with Crippen molar-refractivity contribution in [2.45, 2.75) is 17.7 Å². The summed E-state index contributed by atoms with van der Waals surface area (Å²) in [6.45, 7) is 0.407. The topological polar surface area (TPSA) is 127 Å². The molecule has 0 aliphatic carbocycles. The molecule has 11 heteroatoms. The van der Waals surface area contributed by atoms with Crippen LogP contribution in [0.3, 0.4) is 0 Å². The van der Waals surface area contributed by atoms with Gasteiger partial charge in [0.05, 0.1) is 32.4 Å². The Morgan fingerprint density at radius 2 is 1.73 bits per heavy atom.